The van der Waals surface area contributed by atoms with Crippen LogP contribution in [0.15, 0.2) is 41.7 Å². The van der Waals surface area contributed by atoms with Gasteiger partial charge in [0.1, 0.15) is 16.9 Å². The molecule has 35 heavy (non-hydrogen) atoms. The summed E-state index contributed by atoms with van der Waals surface area (Å²) in [6.45, 7) is 0. The largest absolute Gasteiger partial charge is 0.507 e. The van der Waals surface area contributed by atoms with E-state index in [1.165, 1.54) is 18.2 Å². The molecular weight excluding hydrogens is 463 g/mol. The number of aromatic hydroxyl groups is 1. The summed E-state index contributed by atoms with van der Waals surface area (Å²) in [7, 11) is 0. The molecule has 2 heterocycles. The van der Waals surface area contributed by atoms with Gasteiger partial charge in [-0.25, -0.2) is 9.37 Å². The molecule has 3 aliphatic carbocycles. The van der Waals surface area contributed by atoms with Crippen molar-refractivity contribution < 1.29 is 9.50 Å². The van der Waals surface area contributed by atoms with Crippen LogP contribution in [0.4, 0.5) is 10.2 Å². The second-order valence-corrected chi connectivity index (χ2v) is 10.9. The quantitative estimate of drug-likeness (QED) is 0.463. The first-order valence-electron chi connectivity index (χ1n) is 12.4. The number of aromatic nitrogens is 5. The van der Waals surface area contributed by atoms with Gasteiger partial charge in [0.05, 0.1) is 24.0 Å². The van der Waals surface area contributed by atoms with Gasteiger partial charge in [0, 0.05) is 11.6 Å². The average molecular weight is 493 g/mol. The van der Waals surface area contributed by atoms with Crippen molar-refractivity contribution in [3.63, 3.8) is 0 Å². The molecule has 182 valence electrons. The molecule has 3 fully saturated rings. The Balaban J connectivity index is 1.25. The van der Waals surface area contributed by atoms with E-state index in [1.807, 2.05) is 18.4 Å². The van der Waals surface area contributed by atoms with Gasteiger partial charge in [-0.05, 0) is 74.0 Å². The number of anilines is 1. The molecule has 3 aromatic rings. The number of nitrogens with zero attached hydrogens (tertiary/aromatic N) is 6. The molecule has 3 aliphatic rings. The number of rotatable bonds is 6. The van der Waals surface area contributed by atoms with E-state index in [2.05, 4.69) is 30.3 Å². The maximum Gasteiger partial charge on any atom is 0.185 e. The van der Waals surface area contributed by atoms with E-state index in [0.717, 1.165) is 54.7 Å². The smallest absolute Gasteiger partial charge is 0.185 e. The fourth-order valence-electron chi connectivity index (χ4n) is 5.88. The van der Waals surface area contributed by atoms with Crippen LogP contribution in [-0.4, -0.2) is 55.0 Å². The Labute approximate surface area is 208 Å². The van der Waals surface area contributed by atoms with Crippen molar-refractivity contribution in [1.29, 1.82) is 0 Å². The number of fused-ring (bicyclic) bond motifs is 2. The van der Waals surface area contributed by atoms with Gasteiger partial charge < -0.3 is 10.0 Å². The minimum Gasteiger partial charge on any atom is -0.507 e. The van der Waals surface area contributed by atoms with E-state index in [4.69, 9.17) is 0 Å². The lowest BCUT2D eigenvalue weighted by atomic mass is 9.69. The van der Waals surface area contributed by atoms with Gasteiger partial charge in [-0.3, -0.25) is 0 Å². The first-order valence-corrected chi connectivity index (χ1v) is 13.7. The average Bonchev–Trinajstić information content (AvgIpc) is 3.73. The maximum atomic E-state index is 15.5. The SMILES string of the molecule is CSc1cc(-c2ccc(-c3ncc(N(C4CC4)[C@@H]4C[C@H]5CCC[C@H](C5)[C@@H]4F)nn3)c(O)c2)cnn1. The third kappa shape index (κ3) is 4.46. The summed E-state index contributed by atoms with van der Waals surface area (Å²) in [5.41, 5.74) is 2.21. The summed E-state index contributed by atoms with van der Waals surface area (Å²) in [4.78, 5) is 6.71. The van der Waals surface area contributed by atoms with Crippen LogP contribution in [0.25, 0.3) is 22.5 Å². The molecule has 0 spiro atoms. The van der Waals surface area contributed by atoms with Gasteiger partial charge in [0.2, 0.25) is 0 Å². The molecule has 0 unspecified atom stereocenters. The molecule has 3 saturated carbocycles. The Morgan fingerprint density at radius 3 is 2.63 bits per heavy atom. The summed E-state index contributed by atoms with van der Waals surface area (Å²) >= 11 is 1.51. The molecule has 7 nitrogen and oxygen atoms in total. The Kier molecular flexibility index (Phi) is 6.04. The lowest BCUT2D eigenvalue weighted by Gasteiger charge is -2.46. The molecule has 2 bridgehead atoms. The Bertz CT molecular complexity index is 1210. The van der Waals surface area contributed by atoms with Gasteiger partial charge in [0.15, 0.2) is 11.6 Å². The molecule has 0 amide bonds. The monoisotopic (exact) mass is 492 g/mol. The van der Waals surface area contributed by atoms with Gasteiger partial charge in [-0.15, -0.1) is 27.1 Å². The molecule has 1 aromatic carbocycles. The number of phenolic OH excluding ortho intramolecular Hbond substituents is 1. The van der Waals surface area contributed by atoms with Crippen molar-refractivity contribution >= 4 is 17.6 Å². The number of benzene rings is 1. The predicted molar refractivity (Wildman–Crippen MR) is 134 cm³/mol. The van der Waals surface area contributed by atoms with Crippen molar-refractivity contribution in [2.45, 2.75) is 68.2 Å². The van der Waals surface area contributed by atoms with Crippen LogP contribution in [0, 0.1) is 11.8 Å². The van der Waals surface area contributed by atoms with Crippen LogP contribution in [0.1, 0.15) is 44.9 Å². The third-order valence-corrected chi connectivity index (χ3v) is 8.36. The molecule has 4 atom stereocenters. The van der Waals surface area contributed by atoms with Crippen molar-refractivity contribution in [1.82, 2.24) is 25.4 Å². The first kappa shape index (κ1) is 22.6. The zero-order valence-corrected chi connectivity index (χ0v) is 20.5. The van der Waals surface area contributed by atoms with E-state index in [1.54, 1.807) is 24.5 Å². The molecule has 0 radical (unpaired) electrons. The highest BCUT2D eigenvalue weighted by atomic mass is 32.2. The van der Waals surface area contributed by atoms with Crippen LogP contribution in [0.2, 0.25) is 0 Å². The molecule has 9 heteroatoms. The van der Waals surface area contributed by atoms with E-state index in [9.17, 15) is 5.11 Å². The van der Waals surface area contributed by atoms with Crippen molar-refractivity contribution in [3.8, 4) is 28.3 Å². The summed E-state index contributed by atoms with van der Waals surface area (Å²) in [6, 6.07) is 7.49. The minimum atomic E-state index is -0.820. The van der Waals surface area contributed by atoms with Crippen LogP contribution in [0.5, 0.6) is 5.75 Å². The van der Waals surface area contributed by atoms with E-state index < -0.39 is 6.17 Å². The maximum absolute atomic E-state index is 15.5. The second-order valence-electron chi connectivity index (χ2n) is 10.0. The molecule has 6 rings (SSSR count). The van der Waals surface area contributed by atoms with Crippen LogP contribution >= 0.6 is 11.8 Å². The number of alkyl halides is 1. The normalized spacial score (nSPS) is 25.9. The summed E-state index contributed by atoms with van der Waals surface area (Å²) in [6.07, 6.45) is 11.9. The number of hydrogen-bond donors (Lipinski definition) is 1. The highest BCUT2D eigenvalue weighted by Crippen LogP contribution is 2.46. The lowest BCUT2D eigenvalue weighted by Crippen LogP contribution is -2.52. The standard InChI is InChI=1S/C26H29FN6OS/c1-35-24-12-18(13-29-31-24)16-5-8-20(22(34)11-16)26-28-14-23(30-32-26)33(19-6-7-19)21-10-15-3-2-4-17(9-15)25(21)27/h5,8,11-15,17,19,21,25,34H,2-4,6-7,9-10H2,1H3/t15-,17+,21+,25-/m0/s1. The van der Waals surface area contributed by atoms with Crippen LogP contribution < -0.4 is 4.90 Å². The van der Waals surface area contributed by atoms with Gasteiger partial charge in [0.25, 0.3) is 0 Å². The molecule has 1 N–H and O–H groups in total. The van der Waals surface area contributed by atoms with Gasteiger partial charge in [-0.1, -0.05) is 18.9 Å². The van der Waals surface area contributed by atoms with Gasteiger partial charge >= 0.3 is 0 Å². The number of hydrogen-bond acceptors (Lipinski definition) is 8. The van der Waals surface area contributed by atoms with Crippen molar-refractivity contribution in [2.24, 2.45) is 11.8 Å². The first-order chi connectivity index (χ1) is 17.1. The predicted octanol–water partition coefficient (Wildman–Crippen LogP) is 5.31. The zero-order chi connectivity index (χ0) is 23.9. The molecule has 2 aromatic heterocycles. The molecule has 0 saturated heterocycles. The van der Waals surface area contributed by atoms with Crippen molar-refractivity contribution in [2.75, 3.05) is 11.2 Å². The number of thioether (sulfide) groups is 1. The Hall–Kier alpha value is -2.81. The third-order valence-electron chi connectivity index (χ3n) is 7.74. The summed E-state index contributed by atoms with van der Waals surface area (Å²) < 4.78 is 15.5. The molecule has 0 aliphatic heterocycles. The van der Waals surface area contributed by atoms with Crippen molar-refractivity contribution in [3.05, 3.63) is 36.7 Å². The Morgan fingerprint density at radius 2 is 1.89 bits per heavy atom. The van der Waals surface area contributed by atoms with Crippen LogP contribution in [0.3, 0.4) is 0 Å². The number of phenols is 1. The number of halogens is 1. The second kappa shape index (κ2) is 9.33. The topological polar surface area (TPSA) is 87.9 Å². The fraction of sp³-hybridized carbons (Fsp3) is 0.500. The van der Waals surface area contributed by atoms with E-state index in [0.29, 0.717) is 29.2 Å². The van der Waals surface area contributed by atoms with E-state index in [-0.39, 0.29) is 17.7 Å². The molecular formula is C26H29FN6OS. The highest BCUT2D eigenvalue weighted by Gasteiger charge is 2.46. The minimum absolute atomic E-state index is 0.0718. The van der Waals surface area contributed by atoms with Crippen LogP contribution in [-0.2, 0) is 0 Å². The lowest BCUT2D eigenvalue weighted by molar-refractivity contribution is 0.0631. The Morgan fingerprint density at radius 1 is 1.00 bits per heavy atom. The highest BCUT2D eigenvalue weighted by molar-refractivity contribution is 7.98. The zero-order valence-electron chi connectivity index (χ0n) is 19.7. The summed E-state index contributed by atoms with van der Waals surface area (Å²) in [5.74, 6) is 1.86. The summed E-state index contributed by atoms with van der Waals surface area (Å²) in [5, 5.41) is 28.5. The van der Waals surface area contributed by atoms with E-state index >= 15 is 4.39 Å². The van der Waals surface area contributed by atoms with Gasteiger partial charge in [-0.2, -0.15) is 5.10 Å². The fourth-order valence-corrected chi connectivity index (χ4v) is 6.26.